The Morgan fingerprint density at radius 2 is 1.55 bits per heavy atom. The number of aromatic nitrogens is 1. The molecular formula is C18H31NO. The lowest BCUT2D eigenvalue weighted by atomic mass is 9.84. The molecule has 0 saturated carbocycles. The maximum atomic E-state index is 11.0. The van der Waals surface area contributed by atoms with Crippen LogP contribution in [0.3, 0.4) is 0 Å². The van der Waals surface area contributed by atoms with Crippen molar-refractivity contribution in [1.82, 2.24) is 4.98 Å². The van der Waals surface area contributed by atoms with E-state index in [2.05, 4.69) is 18.8 Å². The van der Waals surface area contributed by atoms with Crippen LogP contribution in [0.4, 0.5) is 0 Å². The van der Waals surface area contributed by atoms with Crippen LogP contribution in [-0.4, -0.2) is 10.1 Å². The van der Waals surface area contributed by atoms with Gasteiger partial charge in [0, 0.05) is 18.0 Å². The minimum absolute atomic E-state index is 0.671. The van der Waals surface area contributed by atoms with E-state index in [4.69, 9.17) is 0 Å². The van der Waals surface area contributed by atoms with Crippen molar-refractivity contribution in [3.8, 4) is 0 Å². The number of nitrogens with zero attached hydrogens (tertiary/aromatic N) is 1. The molecule has 0 atom stereocenters. The number of rotatable bonds is 11. The second-order valence-electron chi connectivity index (χ2n) is 5.89. The minimum atomic E-state index is -0.671. The maximum Gasteiger partial charge on any atom is 0.0911 e. The Balaban J connectivity index is 2.57. The molecule has 0 aliphatic heterocycles. The largest absolute Gasteiger partial charge is 0.385 e. The summed E-state index contributed by atoms with van der Waals surface area (Å²) in [5.41, 5.74) is 0.323. The third-order valence-corrected chi connectivity index (χ3v) is 4.09. The molecule has 0 fully saturated rings. The van der Waals surface area contributed by atoms with E-state index < -0.39 is 5.60 Å². The first-order valence-electron chi connectivity index (χ1n) is 8.36. The third-order valence-electron chi connectivity index (χ3n) is 4.09. The molecule has 2 nitrogen and oxygen atoms in total. The highest BCUT2D eigenvalue weighted by Gasteiger charge is 2.28. The fourth-order valence-electron chi connectivity index (χ4n) is 2.74. The first kappa shape index (κ1) is 17.2. The fourth-order valence-corrected chi connectivity index (χ4v) is 2.74. The Morgan fingerprint density at radius 3 is 2.00 bits per heavy atom. The summed E-state index contributed by atoms with van der Waals surface area (Å²) >= 11 is 0. The molecule has 1 aromatic rings. The van der Waals surface area contributed by atoms with Crippen LogP contribution in [0.25, 0.3) is 0 Å². The van der Waals surface area contributed by atoms with Gasteiger partial charge in [-0.15, -0.1) is 0 Å². The van der Waals surface area contributed by atoms with Gasteiger partial charge in [-0.25, -0.2) is 0 Å². The monoisotopic (exact) mass is 277 g/mol. The van der Waals surface area contributed by atoms with Gasteiger partial charge in [0.05, 0.1) is 5.60 Å². The molecule has 1 heterocycles. The highest BCUT2D eigenvalue weighted by Crippen LogP contribution is 2.32. The van der Waals surface area contributed by atoms with Gasteiger partial charge in [-0.3, -0.25) is 4.98 Å². The summed E-state index contributed by atoms with van der Waals surface area (Å²) in [6.45, 7) is 4.44. The van der Waals surface area contributed by atoms with Crippen molar-refractivity contribution in [3.63, 3.8) is 0 Å². The lowest BCUT2D eigenvalue weighted by Gasteiger charge is -2.28. The second-order valence-corrected chi connectivity index (χ2v) is 5.89. The summed E-state index contributed by atoms with van der Waals surface area (Å²) in [5.74, 6) is 0. The molecule has 1 N–H and O–H groups in total. The molecule has 0 amide bonds. The number of pyridine rings is 1. The molecular weight excluding hydrogens is 246 g/mol. The minimum Gasteiger partial charge on any atom is -0.385 e. The molecule has 0 aliphatic rings. The van der Waals surface area contributed by atoms with Crippen LogP contribution in [0.2, 0.25) is 0 Å². The summed E-state index contributed by atoms with van der Waals surface area (Å²) < 4.78 is 0. The Bertz CT molecular complexity index is 325. The summed E-state index contributed by atoms with van der Waals surface area (Å²) in [4.78, 5) is 4.18. The highest BCUT2D eigenvalue weighted by atomic mass is 16.3. The van der Waals surface area contributed by atoms with Crippen molar-refractivity contribution in [3.05, 3.63) is 30.1 Å². The molecule has 0 saturated heterocycles. The van der Waals surface area contributed by atoms with Gasteiger partial charge in [0.15, 0.2) is 0 Å². The summed E-state index contributed by atoms with van der Waals surface area (Å²) in [7, 11) is 0. The lowest BCUT2D eigenvalue weighted by molar-refractivity contribution is 0.0130. The molecule has 0 spiro atoms. The third kappa shape index (κ3) is 6.04. The van der Waals surface area contributed by atoms with Crippen molar-refractivity contribution < 1.29 is 5.11 Å². The molecule has 20 heavy (non-hydrogen) atoms. The van der Waals surface area contributed by atoms with Crippen LogP contribution in [0.1, 0.15) is 83.6 Å². The molecule has 0 bridgehead atoms. The van der Waals surface area contributed by atoms with Crippen molar-refractivity contribution in [2.75, 3.05) is 0 Å². The summed E-state index contributed by atoms with van der Waals surface area (Å²) in [6.07, 6.45) is 15.0. The lowest BCUT2D eigenvalue weighted by Crippen LogP contribution is -2.26. The molecule has 1 rings (SSSR count). The summed E-state index contributed by atoms with van der Waals surface area (Å²) in [6, 6.07) is 3.95. The summed E-state index contributed by atoms with van der Waals surface area (Å²) in [5, 5.41) is 11.0. The van der Waals surface area contributed by atoms with E-state index in [0.717, 1.165) is 31.2 Å². The molecule has 0 radical (unpaired) electrons. The fraction of sp³-hybridized carbons (Fsp3) is 0.722. The average Bonchev–Trinajstić information content (AvgIpc) is 2.49. The van der Waals surface area contributed by atoms with Crippen molar-refractivity contribution >= 4 is 0 Å². The molecule has 2 heteroatoms. The predicted octanol–water partition coefficient (Wildman–Crippen LogP) is 5.21. The zero-order valence-electron chi connectivity index (χ0n) is 13.3. The van der Waals surface area contributed by atoms with E-state index in [1.165, 1.54) is 38.5 Å². The molecule has 0 aliphatic carbocycles. The van der Waals surface area contributed by atoms with Gasteiger partial charge in [0.1, 0.15) is 0 Å². The predicted molar refractivity (Wildman–Crippen MR) is 85.7 cm³/mol. The Kier molecular flexibility index (Phi) is 8.52. The Labute approximate surface area is 124 Å². The molecule has 0 unspecified atom stereocenters. The van der Waals surface area contributed by atoms with Gasteiger partial charge in [-0.05, 0) is 18.9 Å². The first-order valence-corrected chi connectivity index (χ1v) is 8.36. The second kappa shape index (κ2) is 9.93. The molecule has 114 valence electrons. The first-order chi connectivity index (χ1) is 9.73. The number of hydrogen-bond donors (Lipinski definition) is 1. The topological polar surface area (TPSA) is 33.1 Å². The highest BCUT2D eigenvalue weighted by molar-refractivity contribution is 5.17. The maximum absolute atomic E-state index is 11.0. The smallest absolute Gasteiger partial charge is 0.0911 e. The van der Waals surface area contributed by atoms with Gasteiger partial charge >= 0.3 is 0 Å². The molecule has 1 aromatic heterocycles. The quantitative estimate of drug-likeness (QED) is 0.563. The van der Waals surface area contributed by atoms with Crippen molar-refractivity contribution in [2.45, 2.75) is 83.7 Å². The standard InChI is InChI=1S/C18H31NO/c1-3-5-7-9-13-18(20,14-10-8-6-4-2)17-12-11-15-19-16-17/h11-12,15-16,20H,3-10,13-14H2,1-2H3. The van der Waals surface area contributed by atoms with Crippen LogP contribution in [0.15, 0.2) is 24.5 Å². The van der Waals surface area contributed by atoms with Crippen LogP contribution >= 0.6 is 0 Å². The Morgan fingerprint density at radius 1 is 0.950 bits per heavy atom. The van der Waals surface area contributed by atoms with Crippen LogP contribution in [0, 0.1) is 0 Å². The zero-order valence-corrected chi connectivity index (χ0v) is 13.3. The van der Waals surface area contributed by atoms with Gasteiger partial charge in [-0.1, -0.05) is 71.3 Å². The van der Waals surface area contributed by atoms with E-state index in [1.807, 2.05) is 18.3 Å². The number of aliphatic hydroxyl groups is 1. The van der Waals surface area contributed by atoms with Gasteiger partial charge in [0.25, 0.3) is 0 Å². The van der Waals surface area contributed by atoms with E-state index in [-0.39, 0.29) is 0 Å². The van der Waals surface area contributed by atoms with Crippen LogP contribution < -0.4 is 0 Å². The van der Waals surface area contributed by atoms with Gasteiger partial charge in [-0.2, -0.15) is 0 Å². The Hall–Kier alpha value is -0.890. The number of unbranched alkanes of at least 4 members (excludes halogenated alkanes) is 6. The molecule has 0 aromatic carbocycles. The number of hydrogen-bond acceptors (Lipinski definition) is 2. The van der Waals surface area contributed by atoms with Crippen molar-refractivity contribution in [2.24, 2.45) is 0 Å². The van der Waals surface area contributed by atoms with Gasteiger partial charge < -0.3 is 5.11 Å². The van der Waals surface area contributed by atoms with Crippen LogP contribution in [0.5, 0.6) is 0 Å². The van der Waals surface area contributed by atoms with E-state index in [0.29, 0.717) is 0 Å². The van der Waals surface area contributed by atoms with Gasteiger partial charge in [0.2, 0.25) is 0 Å². The SMILES string of the molecule is CCCCCCC(O)(CCCCCC)c1cccnc1. The normalized spacial score (nSPS) is 11.8. The van der Waals surface area contributed by atoms with E-state index in [1.54, 1.807) is 6.20 Å². The zero-order chi connectivity index (χ0) is 14.7. The van der Waals surface area contributed by atoms with E-state index >= 15 is 0 Å². The van der Waals surface area contributed by atoms with E-state index in [9.17, 15) is 5.11 Å². The van der Waals surface area contributed by atoms with Crippen LogP contribution in [-0.2, 0) is 5.60 Å². The average molecular weight is 277 g/mol. The van der Waals surface area contributed by atoms with Crippen molar-refractivity contribution in [1.29, 1.82) is 0 Å².